The number of rotatable bonds is 4. The second kappa shape index (κ2) is 6.35. The van der Waals surface area contributed by atoms with Gasteiger partial charge in [-0.3, -0.25) is 14.5 Å². The van der Waals surface area contributed by atoms with Crippen molar-refractivity contribution in [3.8, 4) is 0 Å². The molecule has 3 N–H and O–H groups in total. The van der Waals surface area contributed by atoms with Crippen molar-refractivity contribution in [2.75, 3.05) is 13.1 Å². The molecule has 1 aromatic carbocycles. The van der Waals surface area contributed by atoms with Crippen LogP contribution in [0.4, 0.5) is 13.2 Å². The summed E-state index contributed by atoms with van der Waals surface area (Å²) in [5.74, 6) is -1.06. The van der Waals surface area contributed by atoms with Crippen molar-refractivity contribution in [3.05, 3.63) is 35.4 Å². The van der Waals surface area contributed by atoms with Gasteiger partial charge >= 0.3 is 6.18 Å². The van der Waals surface area contributed by atoms with Crippen molar-refractivity contribution < 1.29 is 22.8 Å². The maximum Gasteiger partial charge on any atom is 0.416 e. The smallest absolute Gasteiger partial charge is 0.370 e. The topological polar surface area (TPSA) is 75.4 Å². The fourth-order valence-corrected chi connectivity index (χ4v) is 2.52. The van der Waals surface area contributed by atoms with Crippen molar-refractivity contribution in [1.82, 2.24) is 10.2 Å². The molecule has 1 atom stereocenters. The van der Waals surface area contributed by atoms with Crippen LogP contribution in [0.25, 0.3) is 0 Å². The molecule has 0 aliphatic carbocycles. The maximum absolute atomic E-state index is 13.0. The van der Waals surface area contributed by atoms with E-state index in [9.17, 15) is 22.8 Å². The summed E-state index contributed by atoms with van der Waals surface area (Å²) in [6, 6.07) is 4.36. The minimum Gasteiger partial charge on any atom is -0.370 e. The molecule has 1 aliphatic rings. The van der Waals surface area contributed by atoms with Crippen LogP contribution in [0.1, 0.15) is 17.5 Å². The first-order valence-corrected chi connectivity index (χ1v) is 6.74. The maximum atomic E-state index is 13.0. The Morgan fingerprint density at radius 2 is 2.05 bits per heavy atom. The van der Waals surface area contributed by atoms with Crippen LogP contribution in [0.3, 0.4) is 0 Å². The van der Waals surface area contributed by atoms with Gasteiger partial charge in [-0.15, -0.1) is 0 Å². The van der Waals surface area contributed by atoms with Crippen molar-refractivity contribution in [1.29, 1.82) is 0 Å². The zero-order chi connectivity index (χ0) is 16.3. The van der Waals surface area contributed by atoms with Crippen molar-refractivity contribution >= 4 is 11.8 Å². The third kappa shape index (κ3) is 3.76. The highest BCUT2D eigenvalue weighted by atomic mass is 19.4. The Hall–Kier alpha value is -2.09. The third-order valence-corrected chi connectivity index (χ3v) is 3.53. The average molecular weight is 315 g/mol. The molecule has 0 saturated carbocycles. The van der Waals surface area contributed by atoms with Gasteiger partial charge in [-0.25, -0.2) is 0 Å². The molecule has 1 unspecified atom stereocenters. The van der Waals surface area contributed by atoms with Gasteiger partial charge in [0.15, 0.2) is 0 Å². The van der Waals surface area contributed by atoms with Gasteiger partial charge in [-0.05, 0) is 11.6 Å². The first-order valence-electron chi connectivity index (χ1n) is 6.74. The van der Waals surface area contributed by atoms with Crippen LogP contribution in [0.15, 0.2) is 24.3 Å². The lowest BCUT2D eigenvalue weighted by Crippen LogP contribution is -2.55. The van der Waals surface area contributed by atoms with Crippen molar-refractivity contribution in [2.45, 2.75) is 25.2 Å². The number of hydrogen-bond acceptors (Lipinski definition) is 3. The summed E-state index contributed by atoms with van der Waals surface area (Å²) in [6.07, 6.45) is -4.69. The molecule has 2 rings (SSSR count). The largest absolute Gasteiger partial charge is 0.416 e. The van der Waals surface area contributed by atoms with Crippen LogP contribution in [0, 0.1) is 0 Å². The second-order valence-corrected chi connectivity index (χ2v) is 5.10. The molecule has 1 aliphatic heterocycles. The van der Waals surface area contributed by atoms with E-state index in [1.807, 2.05) is 0 Å². The first-order chi connectivity index (χ1) is 10.3. The minimum atomic E-state index is -4.46. The summed E-state index contributed by atoms with van der Waals surface area (Å²) >= 11 is 0. The van der Waals surface area contributed by atoms with E-state index in [-0.39, 0.29) is 18.5 Å². The SMILES string of the molecule is NC(=O)CC1C(=O)NCCN1Cc1ccccc1C(F)(F)F. The molecule has 2 amide bonds. The quantitative estimate of drug-likeness (QED) is 0.866. The van der Waals surface area contributed by atoms with Gasteiger partial charge < -0.3 is 11.1 Å². The molecule has 0 bridgehead atoms. The molecular formula is C14H16F3N3O2. The molecule has 5 nitrogen and oxygen atoms in total. The summed E-state index contributed by atoms with van der Waals surface area (Å²) < 4.78 is 39.0. The number of hydrogen-bond donors (Lipinski definition) is 2. The molecule has 0 aromatic heterocycles. The van der Waals surface area contributed by atoms with Gasteiger partial charge in [-0.2, -0.15) is 13.2 Å². The number of carbonyl (C=O) groups is 2. The molecule has 22 heavy (non-hydrogen) atoms. The molecule has 0 spiro atoms. The van der Waals surface area contributed by atoms with E-state index >= 15 is 0 Å². The summed E-state index contributed by atoms with van der Waals surface area (Å²) in [5.41, 5.74) is 4.45. The Balaban J connectivity index is 2.24. The number of nitrogens with two attached hydrogens (primary N) is 1. The molecule has 1 aromatic rings. The molecule has 120 valence electrons. The van der Waals surface area contributed by atoms with E-state index < -0.39 is 29.6 Å². The lowest BCUT2D eigenvalue weighted by molar-refractivity contribution is -0.139. The van der Waals surface area contributed by atoms with E-state index in [0.717, 1.165) is 6.07 Å². The van der Waals surface area contributed by atoms with Crippen molar-refractivity contribution in [3.63, 3.8) is 0 Å². The number of nitrogens with zero attached hydrogens (tertiary/aromatic N) is 1. The van der Waals surface area contributed by atoms with Gasteiger partial charge in [0.05, 0.1) is 18.0 Å². The Kier molecular flexibility index (Phi) is 4.70. The second-order valence-electron chi connectivity index (χ2n) is 5.10. The Labute approximate surface area is 125 Å². The fourth-order valence-electron chi connectivity index (χ4n) is 2.52. The number of nitrogens with one attached hydrogen (secondary N) is 1. The number of primary amides is 1. The lowest BCUT2D eigenvalue weighted by atomic mass is 10.0. The Bertz CT molecular complexity index is 575. The van der Waals surface area contributed by atoms with Crippen LogP contribution in [-0.4, -0.2) is 35.8 Å². The number of piperazine rings is 1. The normalized spacial score (nSPS) is 19.8. The predicted molar refractivity (Wildman–Crippen MR) is 72.5 cm³/mol. The lowest BCUT2D eigenvalue weighted by Gasteiger charge is -2.34. The zero-order valence-corrected chi connectivity index (χ0v) is 11.7. The number of carbonyl (C=O) groups excluding carboxylic acids is 2. The molecule has 1 fully saturated rings. The highest BCUT2D eigenvalue weighted by molar-refractivity contribution is 5.88. The van der Waals surface area contributed by atoms with Crippen LogP contribution < -0.4 is 11.1 Å². The van der Waals surface area contributed by atoms with E-state index in [1.165, 1.54) is 18.2 Å². The van der Waals surface area contributed by atoms with E-state index in [4.69, 9.17) is 5.73 Å². The number of halogens is 3. The number of alkyl halides is 3. The standard InChI is InChI=1S/C14H16F3N3O2/c15-14(16,17)10-4-2-1-3-9(10)8-20-6-5-19-13(22)11(20)7-12(18)21/h1-4,11H,5-8H2,(H2,18,21)(H,19,22). The van der Waals surface area contributed by atoms with Gasteiger partial charge in [0, 0.05) is 19.6 Å². The fraction of sp³-hybridized carbons (Fsp3) is 0.429. The average Bonchev–Trinajstić information content (AvgIpc) is 2.42. The van der Waals surface area contributed by atoms with Crippen LogP contribution in [-0.2, 0) is 22.3 Å². The molecular weight excluding hydrogens is 299 g/mol. The van der Waals surface area contributed by atoms with Crippen molar-refractivity contribution in [2.24, 2.45) is 5.73 Å². The summed E-state index contributed by atoms with van der Waals surface area (Å²) in [4.78, 5) is 24.5. The Morgan fingerprint density at radius 1 is 1.36 bits per heavy atom. The minimum absolute atomic E-state index is 0.0684. The van der Waals surface area contributed by atoms with Gasteiger partial charge in [0.2, 0.25) is 11.8 Å². The highest BCUT2D eigenvalue weighted by Gasteiger charge is 2.36. The zero-order valence-electron chi connectivity index (χ0n) is 11.7. The van der Waals surface area contributed by atoms with E-state index in [0.29, 0.717) is 13.1 Å². The van der Waals surface area contributed by atoms with Crippen LogP contribution in [0.5, 0.6) is 0 Å². The molecule has 1 saturated heterocycles. The molecule has 1 heterocycles. The molecule has 8 heteroatoms. The van der Waals surface area contributed by atoms with Crippen LogP contribution >= 0.6 is 0 Å². The van der Waals surface area contributed by atoms with Gasteiger partial charge in [-0.1, -0.05) is 18.2 Å². The first kappa shape index (κ1) is 16.3. The van der Waals surface area contributed by atoms with Gasteiger partial charge in [0.1, 0.15) is 0 Å². The number of benzene rings is 1. The summed E-state index contributed by atoms with van der Waals surface area (Å²) in [5, 5.41) is 2.59. The predicted octanol–water partition coefficient (Wildman–Crippen LogP) is 0.881. The monoisotopic (exact) mass is 315 g/mol. The molecule has 0 radical (unpaired) electrons. The van der Waals surface area contributed by atoms with E-state index in [2.05, 4.69) is 5.32 Å². The summed E-state index contributed by atoms with van der Waals surface area (Å²) in [7, 11) is 0. The van der Waals surface area contributed by atoms with Gasteiger partial charge in [0.25, 0.3) is 0 Å². The summed E-state index contributed by atoms with van der Waals surface area (Å²) in [6.45, 7) is 0.610. The van der Waals surface area contributed by atoms with Crippen LogP contribution in [0.2, 0.25) is 0 Å². The highest BCUT2D eigenvalue weighted by Crippen LogP contribution is 2.32. The number of amides is 2. The Morgan fingerprint density at radius 3 is 2.68 bits per heavy atom. The third-order valence-electron chi connectivity index (χ3n) is 3.53. The van der Waals surface area contributed by atoms with E-state index in [1.54, 1.807) is 4.90 Å².